The summed E-state index contributed by atoms with van der Waals surface area (Å²) >= 11 is 3.35. The van der Waals surface area contributed by atoms with Gasteiger partial charge in [-0.05, 0) is 55.8 Å². The predicted octanol–water partition coefficient (Wildman–Crippen LogP) is 6.33. The van der Waals surface area contributed by atoms with Gasteiger partial charge in [0, 0.05) is 0 Å². The van der Waals surface area contributed by atoms with Crippen molar-refractivity contribution in [2.75, 3.05) is 12.3 Å². The normalized spacial score (nSPS) is 10.6. The van der Waals surface area contributed by atoms with Crippen LogP contribution < -0.4 is 21.2 Å². The van der Waals surface area contributed by atoms with Crippen molar-refractivity contribution < 1.29 is 14.6 Å². The van der Waals surface area contributed by atoms with Gasteiger partial charge in [0.25, 0.3) is 0 Å². The molecule has 4 aromatic rings. The van der Waals surface area contributed by atoms with Gasteiger partial charge in [-0.2, -0.15) is 0 Å². The maximum Gasteiger partial charge on any atom is -0.0195 e. The van der Waals surface area contributed by atoms with Crippen LogP contribution >= 0.6 is 26.0 Å². The largest absolute Gasteiger partial charge is 0.0622 e. The minimum absolute atomic E-state index is 0.309. The number of hydrogen-bond donors (Lipinski definition) is 0. The molecule has 0 spiro atoms. The van der Waals surface area contributed by atoms with Crippen LogP contribution in [0.1, 0.15) is 6.42 Å². The van der Waals surface area contributed by atoms with E-state index in [1.165, 1.54) is 40.0 Å². The summed E-state index contributed by atoms with van der Waals surface area (Å²) in [5, 5.41) is 5.94. The van der Waals surface area contributed by atoms with E-state index >= 15 is 0 Å². The van der Waals surface area contributed by atoms with Crippen LogP contribution in [0.2, 0.25) is 0 Å². The van der Waals surface area contributed by atoms with Crippen molar-refractivity contribution in [3.63, 3.8) is 0 Å². The van der Waals surface area contributed by atoms with Gasteiger partial charge in [0.2, 0.25) is 0 Å². The van der Waals surface area contributed by atoms with Gasteiger partial charge in [0.1, 0.15) is 0 Å². The third-order valence-electron chi connectivity index (χ3n) is 5.03. The Morgan fingerprint density at radius 1 is 0.419 bits per heavy atom. The first kappa shape index (κ1) is 24.2. The molecule has 0 atom stereocenters. The monoisotopic (exact) mass is 505 g/mol. The topological polar surface area (TPSA) is 0 Å². The standard InChI is InChI=1S/C27H26P2.ClH.Ni/c1-5-14-24(15-6-1)28(25-16-7-2-8-17-25)22-13-23-29(26-18-9-3-10-19-26)27-20-11-4-12-21-27;;/h1-12,14-21H,13,22-23H2;1H;/q;;+1/p-1. The number of halogens is 1. The van der Waals surface area contributed by atoms with E-state index in [0.29, 0.717) is 0 Å². The van der Waals surface area contributed by atoms with Crippen LogP contribution in [0.15, 0.2) is 121 Å². The first-order valence-corrected chi connectivity index (χ1v) is 14.7. The van der Waals surface area contributed by atoms with Crippen molar-refractivity contribution in [1.29, 1.82) is 0 Å². The molecule has 31 heavy (non-hydrogen) atoms. The molecule has 0 amide bonds. The summed E-state index contributed by atoms with van der Waals surface area (Å²) in [7, 11) is 3.65. The Morgan fingerprint density at radius 2 is 0.645 bits per heavy atom. The molecule has 0 nitrogen and oxygen atoms in total. The minimum Gasteiger partial charge on any atom is -0.0622 e. The Hall–Kier alpha value is -1.48. The second-order valence-corrected chi connectivity index (χ2v) is 11.7. The maximum atomic E-state index is 4.26. The summed E-state index contributed by atoms with van der Waals surface area (Å²) in [6.45, 7) is 0. The van der Waals surface area contributed by atoms with Gasteiger partial charge in [-0.1, -0.05) is 121 Å². The Balaban J connectivity index is 0.00000132. The van der Waals surface area contributed by atoms with E-state index in [-0.39, 0.29) is 15.8 Å². The fraction of sp³-hybridized carbons (Fsp3) is 0.111. The third kappa shape index (κ3) is 7.27. The van der Waals surface area contributed by atoms with Crippen LogP contribution in [0.3, 0.4) is 0 Å². The molecule has 0 aliphatic carbocycles. The Bertz CT molecular complexity index is 821. The fourth-order valence-corrected chi connectivity index (χ4v) is 8.59. The first-order valence-electron chi connectivity index (χ1n) is 10.3. The zero-order valence-electron chi connectivity index (χ0n) is 17.3. The van der Waals surface area contributed by atoms with Gasteiger partial charge < -0.3 is 0 Å². The van der Waals surface area contributed by atoms with E-state index in [9.17, 15) is 0 Å². The molecule has 0 N–H and O–H groups in total. The fourth-order valence-electron chi connectivity index (χ4n) is 3.63. The third-order valence-corrected chi connectivity index (χ3v) is 10.2. The van der Waals surface area contributed by atoms with Crippen molar-refractivity contribution in [3.05, 3.63) is 121 Å². The van der Waals surface area contributed by atoms with Gasteiger partial charge in [-0.15, -0.1) is 0 Å². The average Bonchev–Trinajstić information content (AvgIpc) is 2.87. The van der Waals surface area contributed by atoms with Crippen LogP contribution in [0.25, 0.3) is 0 Å². The molecule has 0 aromatic heterocycles. The second-order valence-electron chi connectivity index (χ2n) is 7.00. The van der Waals surface area contributed by atoms with E-state index in [2.05, 4.69) is 146 Å². The van der Waals surface area contributed by atoms with Crippen LogP contribution in [-0.2, 0) is 14.6 Å². The quantitative estimate of drug-likeness (QED) is 0.194. The SMILES string of the molecule is [Cl][Ni].c1ccc(P(CCCP(c2ccccc2)c2ccccc2)c2ccccc2)cc1. The van der Waals surface area contributed by atoms with Crippen molar-refractivity contribution in [2.24, 2.45) is 0 Å². The molecule has 4 rings (SSSR count). The second kappa shape index (κ2) is 13.8. The molecule has 161 valence electrons. The molecular formula is C27H26ClNiP2. The molecule has 4 aromatic carbocycles. The summed E-state index contributed by atoms with van der Waals surface area (Å²) in [5.41, 5.74) is 0. The van der Waals surface area contributed by atoms with Crippen molar-refractivity contribution in [1.82, 2.24) is 0 Å². The Kier molecular flexibility index (Phi) is 10.8. The van der Waals surface area contributed by atoms with E-state index in [1.807, 2.05) is 0 Å². The number of hydrogen-bond acceptors (Lipinski definition) is 0. The molecule has 0 aliphatic heterocycles. The summed E-state index contributed by atoms with van der Waals surface area (Å²) < 4.78 is 0. The van der Waals surface area contributed by atoms with Gasteiger partial charge in [-0.25, -0.2) is 0 Å². The molecule has 4 heteroatoms. The predicted molar refractivity (Wildman–Crippen MR) is 138 cm³/mol. The van der Waals surface area contributed by atoms with E-state index in [0.717, 1.165) is 0 Å². The summed E-state index contributed by atoms with van der Waals surface area (Å²) in [4.78, 5) is 0. The van der Waals surface area contributed by atoms with Crippen molar-refractivity contribution >= 4 is 47.3 Å². The van der Waals surface area contributed by atoms with Crippen LogP contribution in [-0.4, -0.2) is 12.3 Å². The maximum absolute atomic E-state index is 4.26. The minimum atomic E-state index is -0.309. The van der Waals surface area contributed by atoms with Crippen molar-refractivity contribution in [3.8, 4) is 0 Å². The van der Waals surface area contributed by atoms with Gasteiger partial charge in [0.05, 0.1) is 0 Å². The average molecular weight is 507 g/mol. The molecule has 0 unspecified atom stereocenters. The molecule has 0 saturated carbocycles. The van der Waals surface area contributed by atoms with Crippen LogP contribution in [0.4, 0.5) is 0 Å². The molecule has 0 bridgehead atoms. The van der Waals surface area contributed by atoms with Crippen LogP contribution in [0.5, 0.6) is 0 Å². The zero-order valence-corrected chi connectivity index (χ0v) is 20.8. The summed E-state index contributed by atoms with van der Waals surface area (Å²) in [5.74, 6) is 0. The van der Waals surface area contributed by atoms with Gasteiger partial charge in [0.15, 0.2) is 0 Å². The molecule has 0 heterocycles. The number of rotatable bonds is 8. The molecule has 0 radical (unpaired) electrons. The molecule has 0 fully saturated rings. The molecule has 0 aliphatic rings. The summed E-state index contributed by atoms with van der Waals surface area (Å²) in [6.07, 6.45) is 3.72. The van der Waals surface area contributed by atoms with E-state index in [4.69, 9.17) is 0 Å². The van der Waals surface area contributed by atoms with Crippen molar-refractivity contribution in [2.45, 2.75) is 6.42 Å². The van der Waals surface area contributed by atoms with E-state index in [1.54, 1.807) is 0 Å². The van der Waals surface area contributed by atoms with Gasteiger partial charge in [-0.3, -0.25) is 0 Å². The molecular weight excluding hydrogens is 480 g/mol. The van der Waals surface area contributed by atoms with Gasteiger partial charge >= 0.3 is 24.8 Å². The van der Waals surface area contributed by atoms with E-state index < -0.39 is 0 Å². The Morgan fingerprint density at radius 3 is 0.871 bits per heavy atom. The zero-order chi connectivity index (χ0) is 21.7. The Labute approximate surface area is 201 Å². The van der Waals surface area contributed by atoms with Crippen LogP contribution in [0, 0.1) is 0 Å². The smallest absolute Gasteiger partial charge is 0.0195 e. The summed E-state index contributed by atoms with van der Waals surface area (Å²) in [6, 6.07) is 44.3. The number of benzene rings is 4. The molecule has 0 saturated heterocycles. The first-order chi connectivity index (χ1) is 15.4.